The number of carboxylic acids is 1. The minimum absolute atomic E-state index is 0.0974. The van der Waals surface area contributed by atoms with Crippen LogP contribution in [0.5, 0.6) is 0 Å². The fourth-order valence-electron chi connectivity index (χ4n) is 1.98. The van der Waals surface area contributed by atoms with Crippen molar-refractivity contribution in [3.8, 4) is 0 Å². The Morgan fingerprint density at radius 3 is 2.63 bits per heavy atom. The van der Waals surface area contributed by atoms with Crippen LogP contribution < -0.4 is 11.1 Å². The third kappa shape index (κ3) is 3.84. The number of likely N-dealkylation sites (tertiary alicyclic amines) is 1. The summed E-state index contributed by atoms with van der Waals surface area (Å²) in [6, 6.07) is -2.40. The van der Waals surface area contributed by atoms with Gasteiger partial charge in [0.15, 0.2) is 0 Å². The van der Waals surface area contributed by atoms with E-state index in [9.17, 15) is 14.4 Å². The topological polar surface area (TPSA) is 113 Å². The Hall–Kier alpha value is -1.28. The number of amides is 2. The van der Waals surface area contributed by atoms with Crippen molar-refractivity contribution in [1.82, 2.24) is 10.2 Å². The van der Waals surface area contributed by atoms with Gasteiger partial charge in [0.25, 0.3) is 0 Å². The Kier molecular flexibility index (Phi) is 5.61. The van der Waals surface area contributed by atoms with Crippen molar-refractivity contribution in [2.24, 2.45) is 5.73 Å². The second-order valence-electron chi connectivity index (χ2n) is 4.56. The Morgan fingerprint density at radius 1 is 1.53 bits per heavy atom. The van der Waals surface area contributed by atoms with Crippen LogP contribution in [0.4, 0.5) is 0 Å². The maximum atomic E-state index is 12.2. The number of thiol groups is 1. The normalized spacial score (nSPS) is 21.8. The zero-order chi connectivity index (χ0) is 14.6. The molecule has 1 rings (SSSR count). The van der Waals surface area contributed by atoms with Gasteiger partial charge in [0.05, 0.1) is 6.04 Å². The average Bonchev–Trinajstić information content (AvgIpc) is 2.83. The molecule has 1 fully saturated rings. The van der Waals surface area contributed by atoms with Crippen molar-refractivity contribution in [3.05, 3.63) is 0 Å². The Morgan fingerprint density at radius 2 is 2.16 bits per heavy atom. The zero-order valence-corrected chi connectivity index (χ0v) is 11.6. The van der Waals surface area contributed by atoms with Gasteiger partial charge in [-0.05, 0) is 19.8 Å². The zero-order valence-electron chi connectivity index (χ0n) is 10.7. The Balaban J connectivity index is 2.73. The highest BCUT2D eigenvalue weighted by Crippen LogP contribution is 2.18. The van der Waals surface area contributed by atoms with Gasteiger partial charge in [-0.25, -0.2) is 4.79 Å². The van der Waals surface area contributed by atoms with Crippen molar-refractivity contribution in [2.45, 2.75) is 37.9 Å². The van der Waals surface area contributed by atoms with E-state index in [1.165, 1.54) is 11.8 Å². The number of hydrogen-bond donors (Lipinski definition) is 4. The molecule has 108 valence electrons. The fraction of sp³-hybridized carbons (Fsp3) is 0.727. The predicted octanol–water partition coefficient (Wildman–Crippen LogP) is -1.18. The van der Waals surface area contributed by atoms with Crippen LogP contribution >= 0.6 is 12.6 Å². The number of nitrogens with two attached hydrogens (primary N) is 1. The van der Waals surface area contributed by atoms with Crippen LogP contribution in [0.15, 0.2) is 0 Å². The second kappa shape index (κ2) is 6.76. The number of rotatable bonds is 5. The summed E-state index contributed by atoms with van der Waals surface area (Å²) in [5, 5.41) is 11.5. The predicted molar refractivity (Wildman–Crippen MR) is 71.8 cm³/mol. The number of carbonyl (C=O) groups excluding carboxylic acids is 2. The molecule has 1 heterocycles. The number of nitrogens with one attached hydrogen (secondary N) is 1. The van der Waals surface area contributed by atoms with E-state index in [4.69, 9.17) is 10.8 Å². The van der Waals surface area contributed by atoms with Crippen molar-refractivity contribution < 1.29 is 19.5 Å². The Bertz CT molecular complexity index is 375. The average molecular weight is 289 g/mol. The van der Waals surface area contributed by atoms with Crippen molar-refractivity contribution in [1.29, 1.82) is 0 Å². The summed E-state index contributed by atoms with van der Waals surface area (Å²) in [5.41, 5.74) is 5.41. The fourth-order valence-corrected chi connectivity index (χ4v) is 2.22. The SMILES string of the molecule is CC(N)C(=O)NC(CS)C(=O)N1CCCC1C(=O)O. The van der Waals surface area contributed by atoms with E-state index in [1.807, 2.05) is 0 Å². The molecule has 0 bridgehead atoms. The highest BCUT2D eigenvalue weighted by Gasteiger charge is 2.37. The smallest absolute Gasteiger partial charge is 0.326 e. The lowest BCUT2D eigenvalue weighted by atomic mass is 10.2. The van der Waals surface area contributed by atoms with Gasteiger partial charge in [0.1, 0.15) is 12.1 Å². The highest BCUT2D eigenvalue weighted by molar-refractivity contribution is 7.80. The lowest BCUT2D eigenvalue weighted by molar-refractivity contribution is -0.149. The maximum Gasteiger partial charge on any atom is 0.326 e. The molecule has 0 spiro atoms. The Labute approximate surface area is 116 Å². The van der Waals surface area contributed by atoms with Gasteiger partial charge < -0.3 is 21.1 Å². The highest BCUT2D eigenvalue weighted by atomic mass is 32.1. The minimum Gasteiger partial charge on any atom is -0.480 e. The monoisotopic (exact) mass is 289 g/mol. The summed E-state index contributed by atoms with van der Waals surface area (Å²) in [4.78, 5) is 36.0. The van der Waals surface area contributed by atoms with Gasteiger partial charge in [0, 0.05) is 12.3 Å². The number of nitrogens with zero attached hydrogens (tertiary/aromatic N) is 1. The maximum absolute atomic E-state index is 12.2. The van der Waals surface area contributed by atoms with Gasteiger partial charge >= 0.3 is 5.97 Å². The largest absolute Gasteiger partial charge is 0.480 e. The minimum atomic E-state index is -1.03. The van der Waals surface area contributed by atoms with Crippen molar-refractivity contribution in [2.75, 3.05) is 12.3 Å². The molecule has 2 amide bonds. The van der Waals surface area contributed by atoms with Crippen LogP contribution in [0.25, 0.3) is 0 Å². The number of aliphatic carboxylic acids is 1. The molecule has 4 N–H and O–H groups in total. The van der Waals surface area contributed by atoms with Crippen LogP contribution in [-0.4, -0.2) is 58.2 Å². The standard InChI is InChI=1S/C11H19N3O4S/c1-6(12)9(15)13-7(5-19)10(16)14-4-2-3-8(14)11(17)18/h6-8,19H,2-5,12H2,1H3,(H,13,15)(H,17,18). The number of hydrogen-bond acceptors (Lipinski definition) is 5. The van der Waals surface area contributed by atoms with Gasteiger partial charge in [-0.3, -0.25) is 9.59 Å². The molecular weight excluding hydrogens is 270 g/mol. The van der Waals surface area contributed by atoms with E-state index in [2.05, 4.69) is 17.9 Å². The van der Waals surface area contributed by atoms with Gasteiger partial charge in [-0.2, -0.15) is 12.6 Å². The lowest BCUT2D eigenvalue weighted by Gasteiger charge is -2.26. The second-order valence-corrected chi connectivity index (χ2v) is 4.93. The summed E-state index contributed by atoms with van der Waals surface area (Å²) in [7, 11) is 0. The third-order valence-corrected chi connectivity index (χ3v) is 3.40. The van der Waals surface area contributed by atoms with Crippen LogP contribution in [-0.2, 0) is 14.4 Å². The molecule has 7 nitrogen and oxygen atoms in total. The van der Waals surface area contributed by atoms with Gasteiger partial charge in [0.2, 0.25) is 11.8 Å². The first-order chi connectivity index (χ1) is 8.88. The number of carboxylic acid groups (broad SMARTS) is 1. The van der Waals surface area contributed by atoms with Gasteiger partial charge in [-0.1, -0.05) is 0 Å². The molecule has 0 aliphatic carbocycles. The van der Waals surface area contributed by atoms with E-state index < -0.39 is 35.9 Å². The summed E-state index contributed by atoms with van der Waals surface area (Å²) in [6.07, 6.45) is 1.07. The molecule has 3 atom stereocenters. The van der Waals surface area contributed by atoms with Crippen LogP contribution in [0.2, 0.25) is 0 Å². The van der Waals surface area contributed by atoms with Crippen LogP contribution in [0.1, 0.15) is 19.8 Å². The molecule has 1 saturated heterocycles. The van der Waals surface area contributed by atoms with Crippen LogP contribution in [0, 0.1) is 0 Å². The quantitative estimate of drug-likeness (QED) is 0.476. The van der Waals surface area contributed by atoms with Crippen molar-refractivity contribution in [3.63, 3.8) is 0 Å². The molecule has 1 aliphatic rings. The molecule has 0 aromatic heterocycles. The molecule has 0 radical (unpaired) electrons. The molecule has 1 aliphatic heterocycles. The van der Waals surface area contributed by atoms with Crippen molar-refractivity contribution >= 4 is 30.4 Å². The summed E-state index contributed by atoms with van der Waals surface area (Å²) in [5.74, 6) is -1.81. The molecular formula is C11H19N3O4S. The molecule has 0 aromatic rings. The molecule has 0 aromatic carbocycles. The molecule has 8 heteroatoms. The summed E-state index contributed by atoms with van der Waals surface area (Å²) in [6.45, 7) is 1.89. The number of carbonyl (C=O) groups is 3. The lowest BCUT2D eigenvalue weighted by Crippen LogP contribution is -2.54. The summed E-state index contributed by atoms with van der Waals surface area (Å²) >= 11 is 4.02. The third-order valence-electron chi connectivity index (χ3n) is 3.03. The summed E-state index contributed by atoms with van der Waals surface area (Å²) < 4.78 is 0. The van der Waals surface area contributed by atoms with Gasteiger partial charge in [-0.15, -0.1) is 0 Å². The molecule has 0 saturated carbocycles. The van der Waals surface area contributed by atoms with E-state index in [0.29, 0.717) is 19.4 Å². The van der Waals surface area contributed by atoms with E-state index >= 15 is 0 Å². The van der Waals surface area contributed by atoms with E-state index in [-0.39, 0.29) is 5.75 Å². The van der Waals surface area contributed by atoms with E-state index in [1.54, 1.807) is 0 Å². The first-order valence-electron chi connectivity index (χ1n) is 6.08. The van der Waals surface area contributed by atoms with Crippen LogP contribution in [0.3, 0.4) is 0 Å². The van der Waals surface area contributed by atoms with E-state index in [0.717, 1.165) is 0 Å². The first-order valence-corrected chi connectivity index (χ1v) is 6.71. The molecule has 19 heavy (non-hydrogen) atoms. The first kappa shape index (κ1) is 15.8. The molecule has 3 unspecified atom stereocenters.